The molecule has 0 aliphatic heterocycles. The number of carbonyl (C=O) groups excluding carboxylic acids is 2. The second-order valence-corrected chi connectivity index (χ2v) is 34.3. The van der Waals surface area contributed by atoms with E-state index in [2.05, 4.69) is 109 Å². The lowest BCUT2D eigenvalue weighted by atomic mass is 9.58. The Labute approximate surface area is 400 Å². The van der Waals surface area contributed by atoms with Crippen molar-refractivity contribution in [1.29, 1.82) is 0 Å². The third-order valence-electron chi connectivity index (χ3n) is 19.8. The second kappa shape index (κ2) is 24.8. The van der Waals surface area contributed by atoms with E-state index in [4.69, 9.17) is 8.85 Å². The lowest BCUT2D eigenvalue weighted by molar-refractivity contribution is -0.133. The van der Waals surface area contributed by atoms with Crippen LogP contribution in [0.2, 0.25) is 36.3 Å². The third kappa shape index (κ3) is 14.5. The molecule has 0 saturated heterocycles. The van der Waals surface area contributed by atoms with E-state index in [1.807, 2.05) is 0 Å². The molecule has 6 heteroatoms. The molecule has 0 N–H and O–H groups in total. The van der Waals surface area contributed by atoms with E-state index in [1.54, 1.807) is 0 Å². The van der Waals surface area contributed by atoms with Gasteiger partial charge < -0.3 is 8.85 Å². The highest BCUT2D eigenvalue weighted by molar-refractivity contribution is 6.74. The van der Waals surface area contributed by atoms with E-state index < -0.39 is 16.6 Å². The van der Waals surface area contributed by atoms with Gasteiger partial charge in [0.25, 0.3) is 0 Å². The second-order valence-electron chi connectivity index (χ2n) is 25.0. The predicted octanol–water partition coefficient (Wildman–Crippen LogP) is 17.9. The maximum absolute atomic E-state index is 13.6. The molecule has 64 heavy (non-hydrogen) atoms. The van der Waals surface area contributed by atoms with Gasteiger partial charge in [0.2, 0.25) is 0 Å². The summed E-state index contributed by atoms with van der Waals surface area (Å²) in [6.07, 6.45) is 30.8. The molecule has 0 heterocycles. The zero-order valence-corrected chi connectivity index (χ0v) is 47.2. The predicted molar refractivity (Wildman–Crippen MR) is 281 cm³/mol. The molecule has 4 aliphatic carbocycles. The van der Waals surface area contributed by atoms with Crippen molar-refractivity contribution in [2.75, 3.05) is 0 Å². The summed E-state index contributed by atoms with van der Waals surface area (Å²) in [5.41, 5.74) is 0.330. The van der Waals surface area contributed by atoms with Crippen molar-refractivity contribution in [2.45, 2.75) is 286 Å². The molecule has 0 aromatic heterocycles. The number of hydrogen-bond acceptors (Lipinski definition) is 4. The highest BCUT2D eigenvalue weighted by atomic mass is 28.4. The van der Waals surface area contributed by atoms with Gasteiger partial charge in [0.15, 0.2) is 16.6 Å². The molecule has 0 spiro atoms. The number of carbonyl (C=O) groups is 2. The molecule has 4 nitrogen and oxygen atoms in total. The van der Waals surface area contributed by atoms with Crippen LogP contribution in [0, 0.1) is 58.2 Å². The van der Waals surface area contributed by atoms with Gasteiger partial charge in [0.05, 0.1) is 11.2 Å². The molecule has 4 rings (SSSR count). The van der Waals surface area contributed by atoms with Crippen molar-refractivity contribution < 1.29 is 18.4 Å². The monoisotopic (exact) mass is 925 g/mol. The Morgan fingerprint density at radius 2 is 0.906 bits per heavy atom. The minimum absolute atomic E-state index is 0.0303. The molecule has 372 valence electrons. The van der Waals surface area contributed by atoms with Gasteiger partial charge in [-0.3, -0.25) is 9.59 Å². The van der Waals surface area contributed by atoms with Crippen molar-refractivity contribution in [3.63, 3.8) is 0 Å². The lowest BCUT2D eigenvalue weighted by Crippen LogP contribution is -2.44. The number of ketones is 2. The normalized spacial score (nSPS) is 30.3. The number of hydrogen-bond donors (Lipinski definition) is 0. The molecule has 0 amide bonds. The van der Waals surface area contributed by atoms with Crippen LogP contribution >= 0.6 is 0 Å². The van der Waals surface area contributed by atoms with Crippen LogP contribution in [-0.2, 0) is 18.4 Å². The van der Waals surface area contributed by atoms with Gasteiger partial charge in [-0.1, -0.05) is 120 Å². The topological polar surface area (TPSA) is 52.6 Å². The van der Waals surface area contributed by atoms with E-state index >= 15 is 0 Å². The SMILES string of the molecule is CC[Si](CC)(CC)OC(C)(C)CCC[C@@H](C)[C@H]1CC[C@H]2C(=O)C[C@H](CCCC/C=C/CCCC[C@H]3CC(=O)[C@@H]4CC[C@H]([C@H](C)CCCC(C)(C)O[Si](CC)(CC)CC)[C@@]4(C)C3)C[C@]12C. The molecule has 4 aliphatic rings. The van der Waals surface area contributed by atoms with Gasteiger partial charge in [0, 0.05) is 24.7 Å². The van der Waals surface area contributed by atoms with Gasteiger partial charge >= 0.3 is 0 Å². The van der Waals surface area contributed by atoms with Gasteiger partial charge in [-0.25, -0.2) is 0 Å². The van der Waals surface area contributed by atoms with E-state index in [0.717, 1.165) is 38.5 Å². The fourth-order valence-corrected chi connectivity index (χ4v) is 22.0. The Kier molecular flexibility index (Phi) is 21.7. The van der Waals surface area contributed by atoms with Crippen LogP contribution in [-0.4, -0.2) is 39.4 Å². The summed E-state index contributed by atoms with van der Waals surface area (Å²) in [7, 11) is -3.22. The summed E-state index contributed by atoms with van der Waals surface area (Å²) in [5.74, 6) is 5.66. The minimum Gasteiger partial charge on any atom is -0.412 e. The average Bonchev–Trinajstić information content (AvgIpc) is 3.79. The van der Waals surface area contributed by atoms with Crippen molar-refractivity contribution in [3.8, 4) is 0 Å². The first-order valence-corrected chi connectivity index (χ1v) is 33.4. The lowest BCUT2D eigenvalue weighted by Gasteiger charge is -2.45. The highest BCUT2D eigenvalue weighted by Crippen LogP contribution is 2.60. The maximum atomic E-state index is 13.6. The van der Waals surface area contributed by atoms with E-state index in [-0.39, 0.29) is 22.0 Å². The highest BCUT2D eigenvalue weighted by Gasteiger charge is 2.55. The number of allylic oxidation sites excluding steroid dienone is 2. The van der Waals surface area contributed by atoms with Gasteiger partial charge in [-0.05, 0) is 200 Å². The van der Waals surface area contributed by atoms with Crippen LogP contribution < -0.4 is 0 Å². The largest absolute Gasteiger partial charge is 0.412 e. The Bertz CT molecular complexity index is 1320. The standard InChI is InChI=1S/C58H108O4Si2/c1-15-63(16-2,17-3)61-55(9,10)39-29-31-45(7)49-35-37-51-53(59)41-47(43-57(49,51)13)33-27-25-23-21-22-24-26-28-34-48-42-54(60)52-38-36-50(58(52,14)44-48)46(8)32-30-40-56(11,12)62-64(18-4,19-5)20-6/h21-22,45-52H,15-20,23-44H2,1-14H3/b22-21+/t45-,46-,47+,48+,49-,50-,51+,52+,57-,58-/m1/s1. The molecule has 4 fully saturated rings. The molecule has 0 unspecified atom stereocenters. The maximum Gasteiger partial charge on any atom is 0.192 e. The minimum atomic E-state index is -1.61. The summed E-state index contributed by atoms with van der Waals surface area (Å²) in [6.45, 7) is 33.4. The fraction of sp³-hybridized carbons (Fsp3) is 0.931. The number of Topliss-reactive ketones (excluding diaryl/α,β-unsaturated/α-hetero) is 2. The Morgan fingerprint density at radius 3 is 1.23 bits per heavy atom. The third-order valence-corrected chi connectivity index (χ3v) is 29.5. The van der Waals surface area contributed by atoms with Crippen molar-refractivity contribution in [2.24, 2.45) is 58.2 Å². The summed E-state index contributed by atoms with van der Waals surface area (Å²) in [5, 5.41) is 0. The first-order chi connectivity index (χ1) is 30.2. The summed E-state index contributed by atoms with van der Waals surface area (Å²) < 4.78 is 13.9. The van der Waals surface area contributed by atoms with Crippen LogP contribution in [0.4, 0.5) is 0 Å². The zero-order chi connectivity index (χ0) is 47.4. The van der Waals surface area contributed by atoms with Crippen LogP contribution in [0.1, 0.15) is 238 Å². The average molecular weight is 926 g/mol. The molecule has 10 atom stereocenters. The Morgan fingerprint density at radius 1 is 0.562 bits per heavy atom. The molecule has 4 saturated carbocycles. The molecular weight excluding hydrogens is 817 g/mol. The number of fused-ring (bicyclic) bond motifs is 2. The van der Waals surface area contributed by atoms with Crippen molar-refractivity contribution in [3.05, 3.63) is 12.2 Å². The Balaban J connectivity index is 1.13. The smallest absolute Gasteiger partial charge is 0.192 e. The summed E-state index contributed by atoms with van der Waals surface area (Å²) >= 11 is 0. The fourth-order valence-electron chi connectivity index (χ4n) is 15.6. The first-order valence-electron chi connectivity index (χ1n) is 28.3. The molecule has 0 aromatic rings. The van der Waals surface area contributed by atoms with Crippen LogP contribution in [0.25, 0.3) is 0 Å². The van der Waals surface area contributed by atoms with E-state index in [1.165, 1.54) is 139 Å². The van der Waals surface area contributed by atoms with E-state index in [9.17, 15) is 9.59 Å². The van der Waals surface area contributed by atoms with Crippen LogP contribution in [0.15, 0.2) is 12.2 Å². The van der Waals surface area contributed by atoms with Crippen LogP contribution in [0.5, 0.6) is 0 Å². The van der Waals surface area contributed by atoms with E-state index in [0.29, 0.717) is 58.9 Å². The van der Waals surface area contributed by atoms with Crippen molar-refractivity contribution >= 4 is 28.2 Å². The molecule has 0 radical (unpaired) electrons. The summed E-state index contributed by atoms with van der Waals surface area (Å²) in [4.78, 5) is 27.2. The summed E-state index contributed by atoms with van der Waals surface area (Å²) in [6, 6.07) is 7.31. The first kappa shape index (κ1) is 56.0. The number of unbranched alkanes of at least 4 members (excludes halogenated alkanes) is 4. The quantitative estimate of drug-likeness (QED) is 0.0409. The Hall–Kier alpha value is -0.566. The van der Waals surface area contributed by atoms with Crippen LogP contribution in [0.3, 0.4) is 0 Å². The molecular formula is C58H108O4Si2. The van der Waals surface area contributed by atoms with Gasteiger partial charge in [-0.15, -0.1) is 0 Å². The molecule has 0 aromatic carbocycles. The van der Waals surface area contributed by atoms with Gasteiger partial charge in [0.1, 0.15) is 11.6 Å². The zero-order valence-electron chi connectivity index (χ0n) is 45.2. The number of rotatable bonds is 30. The molecule has 0 bridgehead atoms. The van der Waals surface area contributed by atoms with Gasteiger partial charge in [-0.2, -0.15) is 0 Å². The van der Waals surface area contributed by atoms with Crippen molar-refractivity contribution in [1.82, 2.24) is 0 Å².